The summed E-state index contributed by atoms with van der Waals surface area (Å²) in [5.41, 5.74) is -13.9. The molecular formula is C14H4F12. The van der Waals surface area contributed by atoms with Crippen LogP contribution in [-0.4, -0.2) is 0 Å². The molecule has 0 aromatic rings. The molecular weight excluding hydrogens is 396 g/mol. The molecule has 0 atom stereocenters. The van der Waals surface area contributed by atoms with Gasteiger partial charge in [0.05, 0.1) is 22.3 Å². The van der Waals surface area contributed by atoms with Gasteiger partial charge in [-0.15, -0.1) is 0 Å². The summed E-state index contributed by atoms with van der Waals surface area (Å²) < 4.78 is 156. The normalized spacial score (nSPS) is 14.2. The van der Waals surface area contributed by atoms with Crippen LogP contribution in [-0.2, 0) is 24.7 Å². The van der Waals surface area contributed by atoms with Crippen LogP contribution in [0.15, 0.2) is 24.3 Å². The van der Waals surface area contributed by atoms with Crippen LogP contribution < -0.4 is 0 Å². The van der Waals surface area contributed by atoms with Crippen LogP contribution in [0.25, 0.3) is 11.1 Å². The highest BCUT2D eigenvalue weighted by molar-refractivity contribution is 5.80. The lowest BCUT2D eigenvalue weighted by Gasteiger charge is -2.15. The van der Waals surface area contributed by atoms with E-state index in [2.05, 4.69) is 0 Å². The minimum absolute atomic E-state index is 0.137. The Hall–Kier alpha value is -2.14. The first kappa shape index (κ1) is 20.2. The number of alkyl halides is 12. The van der Waals surface area contributed by atoms with E-state index in [1.54, 1.807) is 0 Å². The Balaban J connectivity index is 3.12. The Morgan fingerprint density at radius 3 is 1.27 bits per heavy atom. The molecule has 0 aromatic carbocycles. The second kappa shape index (κ2) is 5.68. The van der Waals surface area contributed by atoms with Gasteiger partial charge < -0.3 is 0 Å². The Labute approximate surface area is 136 Å². The first-order chi connectivity index (χ1) is 11.5. The number of hydrogen-bond acceptors (Lipinski definition) is 0. The smallest absolute Gasteiger partial charge is 0.166 e. The Morgan fingerprint density at radius 1 is 0.462 bits per heavy atom. The summed E-state index contributed by atoms with van der Waals surface area (Å²) >= 11 is 0. The van der Waals surface area contributed by atoms with Crippen molar-refractivity contribution >= 4 is 0 Å². The summed E-state index contributed by atoms with van der Waals surface area (Å²) in [7, 11) is 0. The molecule has 0 nitrogen and oxygen atoms in total. The zero-order chi connectivity index (χ0) is 20.3. The van der Waals surface area contributed by atoms with Crippen LogP contribution in [0, 0.1) is 0 Å². The van der Waals surface area contributed by atoms with E-state index in [0.717, 1.165) is 0 Å². The van der Waals surface area contributed by atoms with Crippen molar-refractivity contribution in [2.24, 2.45) is 0 Å². The molecule has 2 rings (SSSR count). The fraction of sp³-hybridized carbons (Fsp3) is 0.286. The molecule has 0 aromatic heterocycles. The molecule has 2 aliphatic carbocycles. The predicted octanol–water partition coefficient (Wildman–Crippen LogP) is 6.87. The van der Waals surface area contributed by atoms with Crippen LogP contribution in [0.3, 0.4) is 0 Å². The monoisotopic (exact) mass is 400 g/mol. The van der Waals surface area contributed by atoms with Gasteiger partial charge >= 0.3 is 24.7 Å². The van der Waals surface area contributed by atoms with Crippen LogP contribution >= 0.6 is 0 Å². The lowest BCUT2D eigenvalue weighted by molar-refractivity contribution is -0.172. The van der Waals surface area contributed by atoms with Gasteiger partial charge in [-0.05, 0) is 23.3 Å². The van der Waals surface area contributed by atoms with E-state index in [-0.39, 0.29) is 18.2 Å². The highest BCUT2D eigenvalue weighted by atomic mass is 19.4. The standard InChI is InChI=1S/C14H4F12/c15-11(16,17)5-2-1-3-6-7(4-5)9(13(21,22)23)10(14(24,25)26)8(6)12(18,19)20/h1-4H. The summed E-state index contributed by atoms with van der Waals surface area (Å²) in [6.07, 6.45) is -23.3. The zero-order valence-corrected chi connectivity index (χ0v) is 11.8. The first-order valence-electron chi connectivity index (χ1n) is 6.34. The Morgan fingerprint density at radius 2 is 0.885 bits per heavy atom. The lowest BCUT2D eigenvalue weighted by Crippen LogP contribution is -2.19. The van der Waals surface area contributed by atoms with Gasteiger partial charge in [0.15, 0.2) is 0 Å². The van der Waals surface area contributed by atoms with E-state index in [9.17, 15) is 52.7 Å². The van der Waals surface area contributed by atoms with E-state index >= 15 is 0 Å². The summed E-state index contributed by atoms with van der Waals surface area (Å²) in [4.78, 5) is 0. The molecule has 0 saturated carbocycles. The molecule has 0 fully saturated rings. The molecule has 0 heterocycles. The van der Waals surface area contributed by atoms with Gasteiger partial charge in [0.25, 0.3) is 0 Å². The van der Waals surface area contributed by atoms with Gasteiger partial charge in [0.1, 0.15) is 0 Å². The van der Waals surface area contributed by atoms with E-state index in [4.69, 9.17) is 0 Å². The van der Waals surface area contributed by atoms with E-state index in [1.165, 1.54) is 0 Å². The predicted molar refractivity (Wildman–Crippen MR) is 63.1 cm³/mol. The molecule has 0 saturated heterocycles. The molecule has 0 radical (unpaired) electrons. The van der Waals surface area contributed by atoms with Crippen molar-refractivity contribution in [1.82, 2.24) is 0 Å². The summed E-state index contributed by atoms with van der Waals surface area (Å²) in [5.74, 6) is 0. The topological polar surface area (TPSA) is 0 Å². The third-order valence-corrected chi connectivity index (χ3v) is 3.35. The van der Waals surface area contributed by atoms with Crippen LogP contribution in [0.1, 0.15) is 22.3 Å². The second-order valence-corrected chi connectivity index (χ2v) is 5.07. The molecule has 0 N–H and O–H groups in total. The van der Waals surface area contributed by atoms with Crippen molar-refractivity contribution < 1.29 is 52.7 Å². The Kier molecular flexibility index (Phi) is 4.41. The fourth-order valence-electron chi connectivity index (χ4n) is 2.49. The summed E-state index contributed by atoms with van der Waals surface area (Å²) in [5, 5.41) is 0. The molecule has 12 heteroatoms. The van der Waals surface area contributed by atoms with Gasteiger partial charge in [0.2, 0.25) is 0 Å². The average molecular weight is 400 g/mol. The summed E-state index contributed by atoms with van der Waals surface area (Å²) in [6, 6.07) is 0.231. The third kappa shape index (κ3) is 3.54. The van der Waals surface area contributed by atoms with E-state index < -0.39 is 58.1 Å². The molecule has 144 valence electrons. The molecule has 0 spiro atoms. The van der Waals surface area contributed by atoms with Crippen molar-refractivity contribution in [3.8, 4) is 11.1 Å². The zero-order valence-electron chi connectivity index (χ0n) is 11.8. The first-order valence-corrected chi connectivity index (χ1v) is 6.34. The number of hydrogen-bond donors (Lipinski definition) is 0. The minimum atomic E-state index is -6.11. The molecule has 2 aliphatic rings. The lowest BCUT2D eigenvalue weighted by atomic mass is 10.1. The van der Waals surface area contributed by atoms with Crippen LogP contribution in [0.5, 0.6) is 0 Å². The van der Waals surface area contributed by atoms with Crippen molar-refractivity contribution in [2.75, 3.05) is 0 Å². The van der Waals surface area contributed by atoms with Crippen LogP contribution in [0.2, 0.25) is 0 Å². The van der Waals surface area contributed by atoms with Crippen molar-refractivity contribution in [3.05, 3.63) is 46.5 Å². The summed E-state index contributed by atoms with van der Waals surface area (Å²) in [6.45, 7) is 0. The molecule has 0 amide bonds. The van der Waals surface area contributed by atoms with Gasteiger partial charge in [0, 0.05) is 0 Å². The highest BCUT2D eigenvalue weighted by Crippen LogP contribution is 2.55. The maximum absolute atomic E-state index is 13.1. The highest BCUT2D eigenvalue weighted by Gasteiger charge is 2.55. The van der Waals surface area contributed by atoms with Gasteiger partial charge in [-0.25, -0.2) is 0 Å². The fourth-order valence-corrected chi connectivity index (χ4v) is 2.49. The number of rotatable bonds is 0. The average Bonchev–Trinajstić information content (AvgIpc) is 2.57. The Bertz CT molecular complexity index is 788. The van der Waals surface area contributed by atoms with Crippen molar-refractivity contribution in [1.29, 1.82) is 0 Å². The van der Waals surface area contributed by atoms with E-state index in [1.807, 2.05) is 0 Å². The van der Waals surface area contributed by atoms with Crippen molar-refractivity contribution in [2.45, 2.75) is 24.7 Å². The maximum Gasteiger partial charge on any atom is 0.417 e. The number of halogens is 12. The van der Waals surface area contributed by atoms with E-state index in [0.29, 0.717) is 6.07 Å². The number of fused-ring (bicyclic) bond motifs is 1. The molecule has 0 bridgehead atoms. The van der Waals surface area contributed by atoms with Crippen LogP contribution in [0.4, 0.5) is 52.7 Å². The maximum atomic E-state index is 13.1. The molecule has 0 aliphatic heterocycles. The van der Waals surface area contributed by atoms with Gasteiger partial charge in [-0.3, -0.25) is 0 Å². The molecule has 0 unspecified atom stereocenters. The SMILES string of the molecule is FC(F)(F)c1cccc2c(C(F)(F)F)c(C(F)(F)F)c(C(F)(F)F)c-2c1. The second-order valence-electron chi connectivity index (χ2n) is 5.07. The minimum Gasteiger partial charge on any atom is -0.166 e. The van der Waals surface area contributed by atoms with Crippen molar-refractivity contribution in [3.63, 3.8) is 0 Å². The third-order valence-electron chi connectivity index (χ3n) is 3.35. The molecule has 26 heavy (non-hydrogen) atoms. The quantitative estimate of drug-likeness (QED) is 0.424. The van der Waals surface area contributed by atoms with Gasteiger partial charge in [-0.2, -0.15) is 52.7 Å². The van der Waals surface area contributed by atoms with Gasteiger partial charge in [-0.1, -0.05) is 12.1 Å². The largest absolute Gasteiger partial charge is 0.417 e.